The molecule has 3 nitrogen and oxygen atoms in total. The summed E-state index contributed by atoms with van der Waals surface area (Å²) < 4.78 is 29.0. The summed E-state index contributed by atoms with van der Waals surface area (Å²) in [6.07, 6.45) is 0. The highest BCUT2D eigenvalue weighted by Crippen LogP contribution is 2.55. The van der Waals surface area contributed by atoms with Crippen molar-refractivity contribution < 1.29 is 8.42 Å². The number of rotatable bonds is 3. The molecule has 0 amide bonds. The second-order valence-corrected chi connectivity index (χ2v) is 15.7. The van der Waals surface area contributed by atoms with Gasteiger partial charge in [-0.25, -0.2) is 8.42 Å². The van der Waals surface area contributed by atoms with Gasteiger partial charge in [-0.05, 0) is 41.0 Å². The number of thiophene rings is 3. The molecule has 4 heterocycles. The first-order chi connectivity index (χ1) is 14.2. The van der Waals surface area contributed by atoms with Crippen molar-refractivity contribution in [1.82, 2.24) is 0 Å². The molecule has 3 aromatic rings. The average Bonchev–Trinajstić information content (AvgIpc) is 3.32. The van der Waals surface area contributed by atoms with Crippen molar-refractivity contribution >= 4 is 49.7 Å². The van der Waals surface area contributed by atoms with Crippen molar-refractivity contribution in [3.05, 3.63) is 34.0 Å². The van der Waals surface area contributed by atoms with E-state index in [2.05, 4.69) is 73.6 Å². The zero-order valence-corrected chi connectivity index (χ0v) is 22.8. The Hall–Kier alpha value is -1.15. The van der Waals surface area contributed by atoms with Gasteiger partial charge in [0, 0.05) is 26.1 Å². The number of anilines is 1. The Balaban J connectivity index is 1.92. The van der Waals surface area contributed by atoms with E-state index in [4.69, 9.17) is 0 Å². The van der Waals surface area contributed by atoms with E-state index in [1.165, 1.54) is 9.75 Å². The zero-order valence-electron chi connectivity index (χ0n) is 19.5. The number of nitrogens with zero attached hydrogens (tertiary/aromatic N) is 1. The van der Waals surface area contributed by atoms with Crippen LogP contribution < -0.4 is 4.31 Å². The Morgan fingerprint density at radius 1 is 0.839 bits per heavy atom. The van der Waals surface area contributed by atoms with Crippen LogP contribution >= 0.6 is 34.0 Å². The van der Waals surface area contributed by atoms with Crippen molar-refractivity contribution in [3.63, 3.8) is 0 Å². The van der Waals surface area contributed by atoms with E-state index in [1.54, 1.807) is 27.0 Å². The van der Waals surface area contributed by atoms with Crippen LogP contribution in [0.15, 0.2) is 29.2 Å². The third kappa shape index (κ3) is 4.03. The van der Waals surface area contributed by atoms with Gasteiger partial charge in [0.1, 0.15) is 4.90 Å². The molecule has 168 valence electrons. The minimum Gasteiger partial charge on any atom is -0.264 e. The number of sulfonamides is 1. The second kappa shape index (κ2) is 7.44. The van der Waals surface area contributed by atoms with Crippen LogP contribution in [0.5, 0.6) is 0 Å². The van der Waals surface area contributed by atoms with Crippen LogP contribution in [0.2, 0.25) is 0 Å². The van der Waals surface area contributed by atoms with Crippen molar-refractivity contribution in [3.8, 4) is 19.5 Å². The molecule has 1 aliphatic rings. The summed E-state index contributed by atoms with van der Waals surface area (Å²) >= 11 is 5.17. The summed E-state index contributed by atoms with van der Waals surface area (Å²) in [6, 6.07) is 8.39. The number of hydrogen-bond acceptors (Lipinski definition) is 5. The highest BCUT2D eigenvalue weighted by molar-refractivity contribution is 7.93. The fraction of sp³-hybridized carbons (Fsp3) is 0.500. The first-order valence-corrected chi connectivity index (χ1v) is 14.5. The molecule has 0 aliphatic carbocycles. The second-order valence-electron chi connectivity index (χ2n) is 10.7. The van der Waals surface area contributed by atoms with E-state index in [-0.39, 0.29) is 16.7 Å². The van der Waals surface area contributed by atoms with E-state index in [0.717, 1.165) is 25.2 Å². The molecule has 1 aliphatic heterocycles. The molecule has 4 rings (SSSR count). The van der Waals surface area contributed by atoms with Crippen molar-refractivity contribution in [2.45, 2.75) is 71.1 Å². The fourth-order valence-corrected chi connectivity index (χ4v) is 9.54. The third-order valence-electron chi connectivity index (χ3n) is 5.31. The number of fused-ring (bicyclic) bond motifs is 3. The summed E-state index contributed by atoms with van der Waals surface area (Å²) in [5.74, 6) is 0.238. The molecule has 0 fully saturated rings. The summed E-state index contributed by atoms with van der Waals surface area (Å²) in [4.78, 5) is 7.28. The van der Waals surface area contributed by atoms with Gasteiger partial charge in [0.05, 0.1) is 15.4 Å². The number of hydrogen-bond donors (Lipinski definition) is 0. The lowest BCUT2D eigenvalue weighted by Gasteiger charge is -2.29. The SMILES string of the molecule is CC(C)CN1c2cc(-c3ccc(C(C)(C)C)s3)sc2-c2sc(C(C)(C)C)cc2S1(=O)=O. The molecule has 31 heavy (non-hydrogen) atoms. The predicted molar refractivity (Wildman–Crippen MR) is 138 cm³/mol. The highest BCUT2D eigenvalue weighted by atomic mass is 32.2. The molecule has 0 saturated heterocycles. The lowest BCUT2D eigenvalue weighted by atomic mass is 9.95. The van der Waals surface area contributed by atoms with Crippen LogP contribution in [0.4, 0.5) is 5.69 Å². The summed E-state index contributed by atoms with van der Waals surface area (Å²) in [6.45, 7) is 17.7. The standard InChI is InChI=1S/C24H31NO2S4/c1-14(2)13-25-15-11-17(16-9-10-19(28-16)23(3,4)5)29-21(15)22-18(31(25,26)27)12-20(30-22)24(6,7)8/h9-12,14H,13H2,1-8H3. The van der Waals surface area contributed by atoms with Crippen LogP contribution in [0, 0.1) is 5.92 Å². The molecule has 0 aromatic carbocycles. The van der Waals surface area contributed by atoms with Gasteiger partial charge in [0.25, 0.3) is 10.0 Å². The quantitative estimate of drug-likeness (QED) is 0.371. The Morgan fingerprint density at radius 2 is 1.48 bits per heavy atom. The first kappa shape index (κ1) is 23.0. The van der Waals surface area contributed by atoms with E-state index < -0.39 is 10.0 Å². The monoisotopic (exact) mass is 493 g/mol. The molecule has 0 radical (unpaired) electrons. The topological polar surface area (TPSA) is 37.4 Å². The van der Waals surface area contributed by atoms with Crippen LogP contribution in [-0.2, 0) is 20.9 Å². The molecule has 0 atom stereocenters. The first-order valence-electron chi connectivity index (χ1n) is 10.6. The van der Waals surface area contributed by atoms with Crippen LogP contribution in [0.25, 0.3) is 19.5 Å². The summed E-state index contributed by atoms with van der Waals surface area (Å²) in [5.41, 5.74) is 0.861. The lowest BCUT2D eigenvalue weighted by molar-refractivity contribution is 0.576. The molecule has 0 N–H and O–H groups in total. The summed E-state index contributed by atoms with van der Waals surface area (Å²) in [5, 5.41) is 0. The van der Waals surface area contributed by atoms with E-state index >= 15 is 0 Å². The van der Waals surface area contributed by atoms with Gasteiger partial charge in [-0.2, -0.15) is 0 Å². The maximum Gasteiger partial charge on any atom is 0.265 e. The third-order valence-corrected chi connectivity index (χ3v) is 11.8. The van der Waals surface area contributed by atoms with Gasteiger partial charge in [-0.15, -0.1) is 34.0 Å². The minimum atomic E-state index is -3.56. The van der Waals surface area contributed by atoms with Gasteiger partial charge in [-0.1, -0.05) is 55.4 Å². The Morgan fingerprint density at radius 3 is 2.03 bits per heavy atom. The average molecular weight is 494 g/mol. The zero-order chi connectivity index (χ0) is 22.9. The molecule has 7 heteroatoms. The van der Waals surface area contributed by atoms with E-state index in [0.29, 0.717) is 11.4 Å². The molecule has 0 unspecified atom stereocenters. The Kier molecular flexibility index (Phi) is 5.52. The van der Waals surface area contributed by atoms with Gasteiger partial charge < -0.3 is 0 Å². The Bertz CT molecular complexity index is 1230. The molecule has 0 bridgehead atoms. The Labute approximate surface area is 198 Å². The van der Waals surface area contributed by atoms with Crippen LogP contribution in [-0.4, -0.2) is 15.0 Å². The normalized spacial score (nSPS) is 16.0. The molecular formula is C24H31NO2S4. The van der Waals surface area contributed by atoms with Gasteiger partial charge in [0.15, 0.2) is 0 Å². The largest absolute Gasteiger partial charge is 0.265 e. The molecule has 0 saturated carbocycles. The maximum absolute atomic E-state index is 13.7. The minimum absolute atomic E-state index is 0.0873. The van der Waals surface area contributed by atoms with Crippen molar-refractivity contribution in [1.29, 1.82) is 0 Å². The van der Waals surface area contributed by atoms with Crippen molar-refractivity contribution in [2.24, 2.45) is 5.92 Å². The lowest BCUT2D eigenvalue weighted by Crippen LogP contribution is -2.36. The van der Waals surface area contributed by atoms with Crippen LogP contribution in [0.3, 0.4) is 0 Å². The van der Waals surface area contributed by atoms with Crippen LogP contribution in [0.1, 0.15) is 65.1 Å². The highest BCUT2D eigenvalue weighted by Gasteiger charge is 2.40. The molecular weight excluding hydrogens is 463 g/mol. The smallest absolute Gasteiger partial charge is 0.264 e. The molecule has 0 spiro atoms. The van der Waals surface area contributed by atoms with Gasteiger partial charge in [0.2, 0.25) is 0 Å². The fourth-order valence-electron chi connectivity index (χ4n) is 3.59. The van der Waals surface area contributed by atoms with E-state index in [1.807, 2.05) is 17.4 Å². The summed E-state index contributed by atoms with van der Waals surface area (Å²) in [7, 11) is -3.56. The van der Waals surface area contributed by atoms with E-state index in [9.17, 15) is 8.42 Å². The predicted octanol–water partition coefficient (Wildman–Crippen LogP) is 7.96. The maximum atomic E-state index is 13.7. The van der Waals surface area contributed by atoms with Gasteiger partial charge in [-0.3, -0.25) is 4.31 Å². The van der Waals surface area contributed by atoms with Crippen molar-refractivity contribution in [2.75, 3.05) is 10.8 Å². The molecule has 3 aromatic heterocycles. The van der Waals surface area contributed by atoms with Gasteiger partial charge >= 0.3 is 0 Å².